The van der Waals surface area contributed by atoms with Crippen LogP contribution in [0.15, 0.2) is 36.9 Å². The van der Waals surface area contributed by atoms with Gasteiger partial charge in [-0.05, 0) is 25.0 Å². The van der Waals surface area contributed by atoms with Crippen molar-refractivity contribution in [1.82, 2.24) is 24.8 Å². The third kappa shape index (κ3) is 3.55. The zero-order valence-corrected chi connectivity index (χ0v) is 15.5. The lowest BCUT2D eigenvalue weighted by atomic mass is 10.0. The van der Waals surface area contributed by atoms with Crippen molar-refractivity contribution in [2.24, 2.45) is 0 Å². The second-order valence-electron chi connectivity index (χ2n) is 6.97. The van der Waals surface area contributed by atoms with Crippen molar-refractivity contribution in [3.05, 3.63) is 42.5 Å². The molecule has 8 nitrogen and oxygen atoms in total. The smallest absolute Gasteiger partial charge is 0.256 e. The summed E-state index contributed by atoms with van der Waals surface area (Å²) in [4.78, 5) is 32.6. The topological polar surface area (TPSA) is 90.0 Å². The SMILES string of the molecule is CN(C)c1cc(NC2CCN(C(=O)c3c[nH]c4ncccc34)CC2)ncn1. The number of anilines is 2. The van der Waals surface area contributed by atoms with E-state index in [1.165, 1.54) is 0 Å². The van der Waals surface area contributed by atoms with Crippen LogP contribution in [-0.2, 0) is 0 Å². The molecule has 1 amide bonds. The Morgan fingerprint density at radius 3 is 2.85 bits per heavy atom. The number of aromatic nitrogens is 4. The van der Waals surface area contributed by atoms with Gasteiger partial charge in [-0.25, -0.2) is 15.0 Å². The molecule has 0 spiro atoms. The van der Waals surface area contributed by atoms with E-state index in [0.717, 1.165) is 48.6 Å². The van der Waals surface area contributed by atoms with Crippen molar-refractivity contribution < 1.29 is 4.79 Å². The molecule has 0 radical (unpaired) electrons. The molecule has 8 heteroatoms. The number of likely N-dealkylation sites (tertiary alicyclic amines) is 1. The van der Waals surface area contributed by atoms with E-state index in [4.69, 9.17) is 0 Å². The number of hydrogen-bond acceptors (Lipinski definition) is 6. The standard InChI is InChI=1S/C19H23N7O/c1-25(2)17-10-16(22-12-23-17)24-13-5-8-26(9-6-13)19(27)15-11-21-18-14(15)4-3-7-20-18/h3-4,7,10-13H,5-6,8-9H2,1-2H3,(H,20,21)(H,22,23,24). The minimum atomic E-state index is 0.0598. The lowest BCUT2D eigenvalue weighted by Crippen LogP contribution is -2.42. The monoisotopic (exact) mass is 365 g/mol. The van der Waals surface area contributed by atoms with E-state index in [9.17, 15) is 4.79 Å². The number of fused-ring (bicyclic) bond motifs is 1. The van der Waals surface area contributed by atoms with E-state index in [-0.39, 0.29) is 5.91 Å². The number of rotatable bonds is 4. The predicted molar refractivity (Wildman–Crippen MR) is 105 cm³/mol. The summed E-state index contributed by atoms with van der Waals surface area (Å²) in [6, 6.07) is 6.02. The fourth-order valence-electron chi connectivity index (χ4n) is 3.41. The van der Waals surface area contributed by atoms with Crippen LogP contribution in [0.1, 0.15) is 23.2 Å². The number of piperidine rings is 1. The molecule has 0 unspecified atom stereocenters. The highest BCUT2D eigenvalue weighted by Crippen LogP contribution is 2.22. The van der Waals surface area contributed by atoms with Crippen LogP contribution in [0.5, 0.6) is 0 Å². The van der Waals surface area contributed by atoms with Crippen LogP contribution in [-0.4, -0.2) is 64.0 Å². The summed E-state index contributed by atoms with van der Waals surface area (Å²) >= 11 is 0. The summed E-state index contributed by atoms with van der Waals surface area (Å²) in [5.74, 6) is 1.75. The highest BCUT2D eigenvalue weighted by atomic mass is 16.2. The van der Waals surface area contributed by atoms with E-state index < -0.39 is 0 Å². The van der Waals surface area contributed by atoms with Gasteiger partial charge in [-0.3, -0.25) is 4.79 Å². The molecule has 0 saturated carbocycles. The molecule has 3 aromatic rings. The summed E-state index contributed by atoms with van der Waals surface area (Å²) in [5.41, 5.74) is 1.44. The molecule has 1 fully saturated rings. The molecule has 1 saturated heterocycles. The average molecular weight is 365 g/mol. The molecule has 3 aromatic heterocycles. The molecule has 2 N–H and O–H groups in total. The Labute approximate surface area is 157 Å². The van der Waals surface area contributed by atoms with Gasteiger partial charge >= 0.3 is 0 Å². The first-order chi connectivity index (χ1) is 13.1. The second-order valence-corrected chi connectivity index (χ2v) is 6.97. The first kappa shape index (κ1) is 17.3. The number of nitrogens with one attached hydrogen (secondary N) is 2. The molecule has 27 heavy (non-hydrogen) atoms. The zero-order chi connectivity index (χ0) is 18.8. The number of aromatic amines is 1. The molecular formula is C19H23N7O. The maximum atomic E-state index is 12.9. The second kappa shape index (κ2) is 7.22. The van der Waals surface area contributed by atoms with Crippen LogP contribution in [0.4, 0.5) is 11.6 Å². The average Bonchev–Trinajstić information content (AvgIpc) is 3.12. The highest BCUT2D eigenvalue weighted by molar-refractivity contribution is 6.05. The van der Waals surface area contributed by atoms with Gasteiger partial charge in [0.15, 0.2) is 0 Å². The molecule has 0 bridgehead atoms. The molecule has 140 valence electrons. The van der Waals surface area contributed by atoms with E-state index >= 15 is 0 Å². The van der Waals surface area contributed by atoms with Crippen molar-refractivity contribution in [2.75, 3.05) is 37.4 Å². The predicted octanol–water partition coefficient (Wildman–Crippen LogP) is 2.14. The fraction of sp³-hybridized carbons (Fsp3) is 0.368. The van der Waals surface area contributed by atoms with Gasteiger partial charge in [-0.15, -0.1) is 0 Å². The zero-order valence-electron chi connectivity index (χ0n) is 15.5. The highest BCUT2D eigenvalue weighted by Gasteiger charge is 2.25. The molecule has 0 aromatic carbocycles. The van der Waals surface area contributed by atoms with Crippen molar-refractivity contribution in [3.63, 3.8) is 0 Å². The van der Waals surface area contributed by atoms with Crippen LogP contribution in [0.25, 0.3) is 11.0 Å². The van der Waals surface area contributed by atoms with Gasteiger partial charge < -0.3 is 20.1 Å². The number of hydrogen-bond donors (Lipinski definition) is 2. The normalized spacial score (nSPS) is 15.1. The number of amides is 1. The van der Waals surface area contributed by atoms with Crippen molar-refractivity contribution in [3.8, 4) is 0 Å². The Bertz CT molecular complexity index is 944. The maximum absolute atomic E-state index is 12.9. The number of H-pyrrole nitrogens is 1. The third-order valence-corrected chi connectivity index (χ3v) is 4.93. The lowest BCUT2D eigenvalue weighted by molar-refractivity contribution is 0.0720. The summed E-state index contributed by atoms with van der Waals surface area (Å²) < 4.78 is 0. The minimum absolute atomic E-state index is 0.0598. The van der Waals surface area contributed by atoms with Gasteiger partial charge in [0.2, 0.25) is 0 Å². The van der Waals surface area contributed by atoms with Gasteiger partial charge in [0.25, 0.3) is 5.91 Å². The van der Waals surface area contributed by atoms with Gasteiger partial charge in [-0.1, -0.05) is 0 Å². The largest absolute Gasteiger partial charge is 0.367 e. The summed E-state index contributed by atoms with van der Waals surface area (Å²) in [6.45, 7) is 1.43. The van der Waals surface area contributed by atoms with E-state index in [1.54, 1.807) is 18.7 Å². The molecule has 0 atom stereocenters. The Hall–Kier alpha value is -3.16. The van der Waals surface area contributed by atoms with Gasteiger partial charge in [0.05, 0.1) is 5.56 Å². The van der Waals surface area contributed by atoms with E-state index in [1.807, 2.05) is 42.1 Å². The molecule has 0 aliphatic carbocycles. The van der Waals surface area contributed by atoms with Gasteiger partial charge in [0, 0.05) is 57.1 Å². The van der Waals surface area contributed by atoms with Crippen molar-refractivity contribution in [1.29, 1.82) is 0 Å². The van der Waals surface area contributed by atoms with Crippen LogP contribution >= 0.6 is 0 Å². The number of pyridine rings is 1. The third-order valence-electron chi connectivity index (χ3n) is 4.93. The van der Waals surface area contributed by atoms with Gasteiger partial charge in [-0.2, -0.15) is 0 Å². The van der Waals surface area contributed by atoms with Crippen LogP contribution in [0.2, 0.25) is 0 Å². The Balaban J connectivity index is 1.39. The Kier molecular flexibility index (Phi) is 4.62. The summed E-state index contributed by atoms with van der Waals surface area (Å²) in [7, 11) is 3.91. The minimum Gasteiger partial charge on any atom is -0.367 e. The fourth-order valence-corrected chi connectivity index (χ4v) is 3.41. The summed E-state index contributed by atoms with van der Waals surface area (Å²) in [5, 5.41) is 4.34. The van der Waals surface area contributed by atoms with Crippen LogP contribution in [0.3, 0.4) is 0 Å². The van der Waals surface area contributed by atoms with E-state index in [2.05, 4.69) is 25.3 Å². The maximum Gasteiger partial charge on any atom is 0.256 e. The van der Waals surface area contributed by atoms with Crippen LogP contribution < -0.4 is 10.2 Å². The number of nitrogens with zero attached hydrogens (tertiary/aromatic N) is 5. The van der Waals surface area contributed by atoms with Crippen molar-refractivity contribution in [2.45, 2.75) is 18.9 Å². The number of carbonyl (C=O) groups is 1. The van der Waals surface area contributed by atoms with E-state index in [0.29, 0.717) is 11.6 Å². The first-order valence-corrected chi connectivity index (χ1v) is 9.09. The van der Waals surface area contributed by atoms with Crippen LogP contribution in [0, 0.1) is 0 Å². The van der Waals surface area contributed by atoms with Gasteiger partial charge in [0.1, 0.15) is 23.6 Å². The molecule has 1 aliphatic rings. The quantitative estimate of drug-likeness (QED) is 0.736. The molecule has 4 heterocycles. The molecular weight excluding hydrogens is 342 g/mol. The molecule has 1 aliphatic heterocycles. The van der Waals surface area contributed by atoms with Crippen molar-refractivity contribution >= 4 is 28.6 Å². The Morgan fingerprint density at radius 1 is 1.26 bits per heavy atom. The molecule has 4 rings (SSSR count). The lowest BCUT2D eigenvalue weighted by Gasteiger charge is -2.32. The summed E-state index contributed by atoms with van der Waals surface area (Å²) in [6.07, 6.45) is 6.82. The first-order valence-electron chi connectivity index (χ1n) is 9.09. The Morgan fingerprint density at radius 2 is 2.07 bits per heavy atom. The number of carbonyl (C=O) groups excluding carboxylic acids is 1.